The highest BCUT2D eigenvalue weighted by molar-refractivity contribution is 5.76. The first-order chi connectivity index (χ1) is 8.16. The number of halogens is 1. The highest BCUT2D eigenvalue weighted by atomic mass is 19.1. The molecule has 86 valence electrons. The molecule has 4 heteroatoms. The number of nitrogens with zero attached hydrogens (tertiary/aromatic N) is 1. The van der Waals surface area contributed by atoms with Crippen LogP contribution in [0.5, 0.6) is 5.75 Å². The van der Waals surface area contributed by atoms with Gasteiger partial charge in [-0.05, 0) is 24.3 Å². The van der Waals surface area contributed by atoms with Gasteiger partial charge in [-0.2, -0.15) is 4.74 Å². The Morgan fingerprint density at radius 2 is 1.71 bits per heavy atom. The van der Waals surface area contributed by atoms with E-state index in [2.05, 4.69) is 0 Å². The summed E-state index contributed by atoms with van der Waals surface area (Å²) in [5.41, 5.74) is 0.543. The van der Waals surface area contributed by atoms with Crippen LogP contribution in [0.3, 0.4) is 0 Å². The molecule has 0 saturated carbocycles. The van der Waals surface area contributed by atoms with E-state index in [4.69, 9.17) is 5.11 Å². The Morgan fingerprint density at radius 1 is 1.06 bits per heavy atom. The summed E-state index contributed by atoms with van der Waals surface area (Å²) in [4.78, 5) is 0. The van der Waals surface area contributed by atoms with Crippen LogP contribution in [-0.2, 0) is 0 Å². The molecule has 2 aromatic carbocycles. The van der Waals surface area contributed by atoms with Crippen molar-refractivity contribution in [3.05, 3.63) is 65.1 Å². The van der Waals surface area contributed by atoms with E-state index in [1.54, 1.807) is 12.1 Å². The molecule has 17 heavy (non-hydrogen) atoms. The minimum Gasteiger partial charge on any atom is -0.618 e. The van der Waals surface area contributed by atoms with Crippen LogP contribution in [0.4, 0.5) is 10.1 Å². The summed E-state index contributed by atoms with van der Waals surface area (Å²) in [6, 6.07) is 11.7. The molecule has 2 aromatic rings. The van der Waals surface area contributed by atoms with Crippen LogP contribution in [0.25, 0.3) is 0 Å². The van der Waals surface area contributed by atoms with Crippen molar-refractivity contribution in [1.29, 1.82) is 0 Å². The number of hydrogen-bond acceptors (Lipinski definition) is 2. The summed E-state index contributed by atoms with van der Waals surface area (Å²) in [7, 11) is 0. The van der Waals surface area contributed by atoms with Gasteiger partial charge < -0.3 is 10.3 Å². The van der Waals surface area contributed by atoms with E-state index in [1.807, 2.05) is 0 Å². The standard InChI is InChI=1S/C13H10FNO2/c14-13-4-2-1-3-10(13)9-15(17)11-5-7-12(16)8-6-11/h1-9,16H. The molecule has 0 saturated heterocycles. The quantitative estimate of drug-likeness (QED) is 0.374. The average Bonchev–Trinajstić information content (AvgIpc) is 2.33. The van der Waals surface area contributed by atoms with Gasteiger partial charge in [0.1, 0.15) is 11.6 Å². The SMILES string of the molecule is [O-][N+](=Cc1ccccc1F)c1ccc(O)cc1. The molecule has 2 rings (SSSR count). The van der Waals surface area contributed by atoms with E-state index in [9.17, 15) is 9.60 Å². The first-order valence-corrected chi connectivity index (χ1v) is 5.01. The van der Waals surface area contributed by atoms with E-state index >= 15 is 0 Å². The molecule has 0 unspecified atom stereocenters. The van der Waals surface area contributed by atoms with Crippen LogP contribution in [-0.4, -0.2) is 16.1 Å². The van der Waals surface area contributed by atoms with E-state index in [1.165, 1.54) is 36.4 Å². The predicted octanol–water partition coefficient (Wildman–Crippen LogP) is 2.79. The topological polar surface area (TPSA) is 46.3 Å². The Balaban J connectivity index is 2.34. The molecule has 0 aliphatic rings. The lowest BCUT2D eigenvalue weighted by atomic mass is 10.2. The summed E-state index contributed by atoms with van der Waals surface area (Å²) < 4.78 is 13.8. The van der Waals surface area contributed by atoms with Crippen LogP contribution < -0.4 is 0 Å². The van der Waals surface area contributed by atoms with Gasteiger partial charge in [0, 0.05) is 12.1 Å². The maximum absolute atomic E-state index is 13.3. The van der Waals surface area contributed by atoms with Gasteiger partial charge in [-0.1, -0.05) is 12.1 Å². The molecule has 0 aliphatic heterocycles. The van der Waals surface area contributed by atoms with Crippen molar-refractivity contribution in [2.45, 2.75) is 0 Å². The number of rotatable bonds is 2. The zero-order valence-electron chi connectivity index (χ0n) is 8.88. The molecular weight excluding hydrogens is 221 g/mol. The summed E-state index contributed by atoms with van der Waals surface area (Å²) in [5.74, 6) is -0.375. The van der Waals surface area contributed by atoms with Gasteiger partial charge in [0.25, 0.3) is 0 Å². The van der Waals surface area contributed by atoms with E-state index < -0.39 is 5.82 Å². The Hall–Kier alpha value is -2.36. The summed E-state index contributed by atoms with van der Waals surface area (Å²) >= 11 is 0. The van der Waals surface area contributed by atoms with Crippen molar-refractivity contribution in [2.24, 2.45) is 0 Å². The molecule has 0 amide bonds. The van der Waals surface area contributed by atoms with Crippen LogP contribution in [0.15, 0.2) is 48.5 Å². The fourth-order valence-electron chi connectivity index (χ4n) is 1.38. The molecule has 0 atom stereocenters. The van der Waals surface area contributed by atoms with Crippen molar-refractivity contribution >= 4 is 11.9 Å². The molecule has 0 bridgehead atoms. The third-order valence-corrected chi connectivity index (χ3v) is 2.27. The third-order valence-electron chi connectivity index (χ3n) is 2.27. The van der Waals surface area contributed by atoms with E-state index in [-0.39, 0.29) is 11.3 Å². The smallest absolute Gasteiger partial charge is 0.216 e. The number of hydrogen-bond donors (Lipinski definition) is 1. The number of phenols is 1. The van der Waals surface area contributed by atoms with E-state index in [0.29, 0.717) is 10.4 Å². The van der Waals surface area contributed by atoms with Crippen molar-refractivity contribution in [1.82, 2.24) is 0 Å². The van der Waals surface area contributed by atoms with Crippen molar-refractivity contribution < 1.29 is 14.2 Å². The van der Waals surface area contributed by atoms with Crippen molar-refractivity contribution in [3.63, 3.8) is 0 Å². The highest BCUT2D eigenvalue weighted by Gasteiger charge is 2.04. The largest absolute Gasteiger partial charge is 0.618 e. The fourth-order valence-corrected chi connectivity index (χ4v) is 1.38. The Morgan fingerprint density at radius 3 is 2.35 bits per heavy atom. The zero-order valence-corrected chi connectivity index (χ0v) is 8.88. The van der Waals surface area contributed by atoms with Gasteiger partial charge >= 0.3 is 0 Å². The molecule has 0 aromatic heterocycles. The summed E-state index contributed by atoms with van der Waals surface area (Å²) in [5, 5.41) is 20.8. The zero-order chi connectivity index (χ0) is 12.3. The second-order valence-electron chi connectivity index (χ2n) is 3.49. The predicted molar refractivity (Wildman–Crippen MR) is 63.0 cm³/mol. The molecular formula is C13H10FNO2. The van der Waals surface area contributed by atoms with Crippen molar-refractivity contribution in [2.75, 3.05) is 0 Å². The van der Waals surface area contributed by atoms with Crippen molar-refractivity contribution in [3.8, 4) is 5.75 Å². The highest BCUT2D eigenvalue weighted by Crippen LogP contribution is 2.16. The molecule has 1 N–H and O–H groups in total. The average molecular weight is 231 g/mol. The molecule has 3 nitrogen and oxygen atoms in total. The molecule has 0 heterocycles. The van der Waals surface area contributed by atoms with Crippen LogP contribution in [0.2, 0.25) is 0 Å². The van der Waals surface area contributed by atoms with Gasteiger partial charge in [0.05, 0.1) is 5.56 Å². The number of benzene rings is 2. The molecule has 0 aliphatic carbocycles. The first-order valence-electron chi connectivity index (χ1n) is 5.01. The lowest BCUT2D eigenvalue weighted by molar-refractivity contribution is -0.354. The Kier molecular flexibility index (Phi) is 3.05. The lowest BCUT2D eigenvalue weighted by Gasteiger charge is -2.03. The van der Waals surface area contributed by atoms with Crippen LogP contribution in [0.1, 0.15) is 5.56 Å². The second kappa shape index (κ2) is 4.65. The minimum absolute atomic E-state index is 0.0769. The monoisotopic (exact) mass is 231 g/mol. The molecule has 0 fully saturated rings. The van der Waals surface area contributed by atoms with Gasteiger partial charge in [-0.25, -0.2) is 4.39 Å². The minimum atomic E-state index is -0.452. The molecule has 0 spiro atoms. The molecule has 0 radical (unpaired) electrons. The maximum atomic E-state index is 13.3. The van der Waals surface area contributed by atoms with Crippen LogP contribution in [0, 0.1) is 11.0 Å². The first kappa shape index (κ1) is 11.1. The maximum Gasteiger partial charge on any atom is 0.216 e. The van der Waals surface area contributed by atoms with Gasteiger partial charge in [-0.15, -0.1) is 0 Å². The summed E-state index contributed by atoms with van der Waals surface area (Å²) in [6.07, 6.45) is 1.15. The third kappa shape index (κ3) is 2.60. The van der Waals surface area contributed by atoms with Gasteiger partial charge in [0.2, 0.25) is 5.69 Å². The lowest BCUT2D eigenvalue weighted by Crippen LogP contribution is -2.00. The fraction of sp³-hybridized carbons (Fsp3) is 0. The van der Waals surface area contributed by atoms with Gasteiger partial charge in [0.15, 0.2) is 6.21 Å². The van der Waals surface area contributed by atoms with Gasteiger partial charge in [-0.3, -0.25) is 0 Å². The van der Waals surface area contributed by atoms with E-state index in [0.717, 1.165) is 6.21 Å². The second-order valence-corrected chi connectivity index (χ2v) is 3.49. The Labute approximate surface area is 97.7 Å². The normalized spacial score (nSPS) is 11.5. The Bertz CT molecular complexity index is 550. The number of phenolic OH excluding ortho intramolecular Hbond substituents is 1. The van der Waals surface area contributed by atoms with Crippen LogP contribution >= 0.6 is 0 Å². The summed E-state index contributed by atoms with van der Waals surface area (Å²) in [6.45, 7) is 0. The number of aromatic hydroxyl groups is 1.